The fourth-order valence-electron chi connectivity index (χ4n) is 11.3. The molecule has 0 saturated heterocycles. The van der Waals surface area contributed by atoms with Gasteiger partial charge in [-0.1, -0.05) is 47.0 Å². The highest BCUT2D eigenvalue weighted by Crippen LogP contribution is 2.69. The fourth-order valence-corrected chi connectivity index (χ4v) is 12.4. The van der Waals surface area contributed by atoms with Crippen LogP contribution in [0, 0.1) is 52.3 Å². The van der Waals surface area contributed by atoms with Gasteiger partial charge in [-0.2, -0.15) is 8.42 Å². The number of carbonyl (C=O) groups excluding carboxylic acids is 1. The Labute approximate surface area is 247 Å². The summed E-state index contributed by atoms with van der Waals surface area (Å²) in [6, 6.07) is -0.544. The summed E-state index contributed by atoms with van der Waals surface area (Å²) < 4.78 is 33.3. The van der Waals surface area contributed by atoms with Crippen LogP contribution in [0.4, 0.5) is 0 Å². The zero-order valence-electron chi connectivity index (χ0n) is 25.5. The van der Waals surface area contributed by atoms with Gasteiger partial charge in [0.1, 0.15) is 5.25 Å². The molecule has 14 unspecified atom stereocenters. The molecular formula is C32H55NO7S. The quantitative estimate of drug-likeness (QED) is 0.275. The molecule has 5 fully saturated rings. The SMILES string of the molecule is CCC1C(O)C2C(CC(O)C3(C)C(C(C)CCC(=O)NC4CCCCC4S(=O)(=O)O)CCC23)C2(C)CCC(O)CC12. The van der Waals surface area contributed by atoms with Crippen LogP contribution < -0.4 is 5.32 Å². The minimum Gasteiger partial charge on any atom is -0.393 e. The number of fused-ring (bicyclic) bond motifs is 5. The van der Waals surface area contributed by atoms with Crippen molar-refractivity contribution in [3.05, 3.63) is 0 Å². The first-order valence-corrected chi connectivity index (χ1v) is 18.0. The van der Waals surface area contributed by atoms with Crippen molar-refractivity contribution < 1.29 is 33.1 Å². The van der Waals surface area contributed by atoms with Gasteiger partial charge in [-0.25, -0.2) is 0 Å². The third-order valence-electron chi connectivity index (χ3n) is 13.5. The molecule has 9 heteroatoms. The van der Waals surface area contributed by atoms with Crippen LogP contribution >= 0.6 is 0 Å². The number of aliphatic hydroxyl groups is 3. The van der Waals surface area contributed by atoms with Crippen LogP contribution in [0.25, 0.3) is 0 Å². The summed E-state index contributed by atoms with van der Waals surface area (Å²) in [5, 5.41) is 36.3. The lowest BCUT2D eigenvalue weighted by Gasteiger charge is -2.65. The Kier molecular flexibility index (Phi) is 8.99. The Morgan fingerprint density at radius 1 is 0.976 bits per heavy atom. The minimum atomic E-state index is -4.20. The molecule has 5 saturated carbocycles. The number of aliphatic hydroxyl groups excluding tert-OH is 3. The summed E-state index contributed by atoms with van der Waals surface area (Å²) in [6.07, 6.45) is 8.29. The molecule has 0 bridgehead atoms. The number of nitrogens with one attached hydrogen (secondary N) is 1. The summed E-state index contributed by atoms with van der Waals surface area (Å²) in [6.45, 7) is 8.95. The van der Waals surface area contributed by atoms with E-state index in [1.54, 1.807) is 0 Å². The lowest BCUT2D eigenvalue weighted by Crippen LogP contribution is -2.65. The molecule has 8 nitrogen and oxygen atoms in total. The van der Waals surface area contributed by atoms with Gasteiger partial charge < -0.3 is 20.6 Å². The van der Waals surface area contributed by atoms with Crippen LogP contribution in [-0.2, 0) is 14.9 Å². The summed E-state index contributed by atoms with van der Waals surface area (Å²) in [5.41, 5.74) is -0.305. The number of carbonyl (C=O) groups is 1. The van der Waals surface area contributed by atoms with E-state index in [4.69, 9.17) is 0 Å². The summed E-state index contributed by atoms with van der Waals surface area (Å²) in [4.78, 5) is 12.9. The van der Waals surface area contributed by atoms with Gasteiger partial charge in [0.15, 0.2) is 0 Å². The van der Waals surface area contributed by atoms with Crippen LogP contribution in [0.1, 0.15) is 111 Å². The van der Waals surface area contributed by atoms with Crippen molar-refractivity contribution in [1.29, 1.82) is 0 Å². The van der Waals surface area contributed by atoms with Crippen LogP contribution in [0.3, 0.4) is 0 Å². The molecule has 236 valence electrons. The first-order valence-electron chi connectivity index (χ1n) is 16.5. The van der Waals surface area contributed by atoms with Gasteiger partial charge >= 0.3 is 0 Å². The van der Waals surface area contributed by atoms with Crippen LogP contribution in [0.15, 0.2) is 0 Å². The van der Waals surface area contributed by atoms with Gasteiger partial charge in [0, 0.05) is 12.5 Å². The number of hydrogen-bond acceptors (Lipinski definition) is 6. The monoisotopic (exact) mass is 597 g/mol. The van der Waals surface area contributed by atoms with Gasteiger partial charge in [-0.15, -0.1) is 0 Å². The van der Waals surface area contributed by atoms with Crippen molar-refractivity contribution >= 4 is 16.0 Å². The van der Waals surface area contributed by atoms with Crippen molar-refractivity contribution in [2.45, 2.75) is 141 Å². The van der Waals surface area contributed by atoms with E-state index in [0.29, 0.717) is 25.7 Å². The van der Waals surface area contributed by atoms with Crippen LogP contribution in [0.5, 0.6) is 0 Å². The number of rotatable bonds is 7. The number of hydrogen-bond donors (Lipinski definition) is 5. The lowest BCUT2D eigenvalue weighted by molar-refractivity contribution is -0.228. The lowest BCUT2D eigenvalue weighted by atomic mass is 9.41. The van der Waals surface area contributed by atoms with Crippen molar-refractivity contribution in [3.63, 3.8) is 0 Å². The maximum atomic E-state index is 12.9. The molecule has 5 rings (SSSR count). The Morgan fingerprint density at radius 2 is 1.68 bits per heavy atom. The topological polar surface area (TPSA) is 144 Å². The smallest absolute Gasteiger partial charge is 0.269 e. The number of amides is 1. The Hall–Kier alpha value is -0.740. The molecule has 5 aliphatic carbocycles. The second-order valence-corrected chi connectivity index (χ2v) is 16.9. The highest BCUT2D eigenvalue weighted by Gasteiger charge is 2.67. The highest BCUT2D eigenvalue weighted by atomic mass is 32.2. The van der Waals surface area contributed by atoms with E-state index >= 15 is 0 Å². The van der Waals surface area contributed by atoms with E-state index in [0.717, 1.165) is 51.4 Å². The van der Waals surface area contributed by atoms with Gasteiger partial charge in [0.05, 0.1) is 18.3 Å². The molecule has 0 spiro atoms. The highest BCUT2D eigenvalue weighted by molar-refractivity contribution is 7.86. The van der Waals surface area contributed by atoms with E-state index in [2.05, 4.69) is 33.0 Å². The van der Waals surface area contributed by atoms with E-state index in [9.17, 15) is 33.1 Å². The van der Waals surface area contributed by atoms with E-state index in [-0.39, 0.29) is 70.7 Å². The molecular weight excluding hydrogens is 542 g/mol. The second kappa shape index (κ2) is 11.6. The summed E-state index contributed by atoms with van der Waals surface area (Å²) in [5.74, 6) is 1.33. The Bertz CT molecular complexity index is 1070. The molecule has 0 heterocycles. The molecule has 0 aromatic carbocycles. The average molecular weight is 598 g/mol. The van der Waals surface area contributed by atoms with Gasteiger partial charge in [0.25, 0.3) is 10.1 Å². The third kappa shape index (κ3) is 5.42. The zero-order chi connectivity index (χ0) is 29.9. The second-order valence-electron chi connectivity index (χ2n) is 15.2. The maximum absolute atomic E-state index is 12.9. The van der Waals surface area contributed by atoms with Crippen molar-refractivity contribution in [2.75, 3.05) is 0 Å². The Morgan fingerprint density at radius 3 is 2.37 bits per heavy atom. The van der Waals surface area contributed by atoms with Crippen molar-refractivity contribution in [2.24, 2.45) is 52.3 Å². The maximum Gasteiger partial charge on any atom is 0.269 e. The summed E-state index contributed by atoms with van der Waals surface area (Å²) in [7, 11) is -4.20. The zero-order valence-corrected chi connectivity index (χ0v) is 26.4. The first-order chi connectivity index (χ1) is 19.2. The molecule has 0 aliphatic heterocycles. The van der Waals surface area contributed by atoms with Gasteiger partial charge in [-0.3, -0.25) is 9.35 Å². The van der Waals surface area contributed by atoms with E-state index in [1.165, 1.54) is 0 Å². The predicted molar refractivity (Wildman–Crippen MR) is 157 cm³/mol. The minimum absolute atomic E-state index is 0.0208. The van der Waals surface area contributed by atoms with E-state index < -0.39 is 33.6 Å². The molecule has 0 radical (unpaired) electrons. The molecule has 5 aliphatic rings. The Balaban J connectivity index is 1.28. The fraction of sp³-hybridized carbons (Fsp3) is 0.969. The molecule has 1 amide bonds. The van der Waals surface area contributed by atoms with Crippen LogP contribution in [-0.4, -0.2) is 63.8 Å². The normalized spacial score (nSPS) is 48.9. The molecule has 41 heavy (non-hydrogen) atoms. The third-order valence-corrected chi connectivity index (χ3v) is 14.8. The summed E-state index contributed by atoms with van der Waals surface area (Å²) >= 11 is 0. The molecule has 0 aromatic rings. The van der Waals surface area contributed by atoms with Crippen molar-refractivity contribution in [1.82, 2.24) is 5.32 Å². The van der Waals surface area contributed by atoms with Gasteiger partial charge in [-0.05, 0) is 110 Å². The standard InChI is InChI=1S/C32H55NO7S/c1-5-20-23-16-19(34)14-15-31(23,3)24-17-27(35)32(4)21(11-12-22(32)29(24)30(20)37)18(2)10-13-28(36)33-25-8-6-7-9-26(25)41(38,39)40/h18-27,29-30,34-35,37H,5-17H2,1-4H3,(H,33,36)(H,38,39,40). The average Bonchev–Trinajstić information content (AvgIpc) is 3.27. The van der Waals surface area contributed by atoms with Gasteiger partial charge in [0.2, 0.25) is 5.91 Å². The predicted octanol–water partition coefficient (Wildman–Crippen LogP) is 4.32. The first kappa shape index (κ1) is 31.7. The van der Waals surface area contributed by atoms with Crippen molar-refractivity contribution in [3.8, 4) is 0 Å². The molecule has 5 N–H and O–H groups in total. The van der Waals surface area contributed by atoms with Crippen LogP contribution in [0.2, 0.25) is 0 Å². The molecule has 0 aromatic heterocycles. The largest absolute Gasteiger partial charge is 0.393 e. The van der Waals surface area contributed by atoms with E-state index in [1.807, 2.05) is 0 Å². The molecule has 14 atom stereocenters.